The van der Waals surface area contributed by atoms with E-state index >= 15 is 0 Å². The van der Waals surface area contributed by atoms with Gasteiger partial charge in [-0.25, -0.2) is 4.79 Å². The van der Waals surface area contributed by atoms with Crippen molar-refractivity contribution < 1.29 is 28.6 Å². The number of amides is 1. The monoisotopic (exact) mass is 354 g/mol. The molecule has 1 atom stereocenters. The standard InChI is InChI=1S/C17H26N2O6/c1-4-6-7-8-25-15(21)13-9-17(23-3,12-18-10-13)16(22)19-11-14(20)24-5-2/h9-10H,4-8,11-12H2,1-3H3,(H,19,22). The molecule has 1 rings (SSSR count). The average molecular weight is 354 g/mol. The number of ether oxygens (including phenoxy) is 3. The van der Waals surface area contributed by atoms with E-state index in [-0.39, 0.29) is 25.3 Å². The zero-order chi connectivity index (χ0) is 18.7. The number of esters is 2. The molecule has 0 bridgehead atoms. The molecule has 1 unspecified atom stereocenters. The van der Waals surface area contributed by atoms with Crippen LogP contribution in [-0.2, 0) is 28.6 Å². The first kappa shape index (κ1) is 20.8. The summed E-state index contributed by atoms with van der Waals surface area (Å²) in [5.41, 5.74) is -1.31. The third-order valence-corrected chi connectivity index (χ3v) is 3.61. The summed E-state index contributed by atoms with van der Waals surface area (Å²) in [6.45, 7) is 3.99. The van der Waals surface area contributed by atoms with Crippen LogP contribution in [0.25, 0.3) is 0 Å². The van der Waals surface area contributed by atoms with Crippen molar-refractivity contribution in [2.75, 3.05) is 33.4 Å². The van der Waals surface area contributed by atoms with Gasteiger partial charge in [0.2, 0.25) is 0 Å². The van der Waals surface area contributed by atoms with Crippen molar-refractivity contribution in [2.24, 2.45) is 4.99 Å². The van der Waals surface area contributed by atoms with E-state index in [2.05, 4.69) is 17.2 Å². The number of nitrogens with zero attached hydrogens (tertiary/aromatic N) is 1. The van der Waals surface area contributed by atoms with Gasteiger partial charge in [0.1, 0.15) is 6.54 Å². The topological polar surface area (TPSA) is 103 Å². The maximum Gasteiger partial charge on any atom is 0.339 e. The van der Waals surface area contributed by atoms with Crippen molar-refractivity contribution in [1.82, 2.24) is 5.32 Å². The average Bonchev–Trinajstić information content (AvgIpc) is 2.63. The zero-order valence-corrected chi connectivity index (χ0v) is 15.0. The molecule has 8 heteroatoms. The molecule has 140 valence electrons. The Morgan fingerprint density at radius 3 is 2.64 bits per heavy atom. The van der Waals surface area contributed by atoms with Gasteiger partial charge in [-0.3, -0.25) is 14.6 Å². The lowest BCUT2D eigenvalue weighted by Crippen LogP contribution is -2.52. The summed E-state index contributed by atoms with van der Waals surface area (Å²) in [5.74, 6) is -1.68. The number of aliphatic imine (C=N–C) groups is 1. The van der Waals surface area contributed by atoms with E-state index in [9.17, 15) is 14.4 Å². The van der Waals surface area contributed by atoms with E-state index in [1.165, 1.54) is 19.4 Å². The highest BCUT2D eigenvalue weighted by atomic mass is 16.5. The molecular weight excluding hydrogens is 328 g/mol. The van der Waals surface area contributed by atoms with Crippen LogP contribution in [0.15, 0.2) is 16.6 Å². The smallest absolute Gasteiger partial charge is 0.339 e. The fourth-order valence-electron chi connectivity index (χ4n) is 2.19. The Balaban J connectivity index is 2.72. The molecule has 25 heavy (non-hydrogen) atoms. The van der Waals surface area contributed by atoms with Gasteiger partial charge in [-0.05, 0) is 19.4 Å². The van der Waals surface area contributed by atoms with Crippen LogP contribution in [0.5, 0.6) is 0 Å². The first-order valence-corrected chi connectivity index (χ1v) is 8.38. The lowest BCUT2D eigenvalue weighted by atomic mass is 9.96. The molecule has 1 amide bonds. The number of carbonyl (C=O) groups is 3. The fraction of sp³-hybridized carbons (Fsp3) is 0.647. The van der Waals surface area contributed by atoms with Crippen LogP contribution in [0.2, 0.25) is 0 Å². The highest BCUT2D eigenvalue weighted by Crippen LogP contribution is 2.20. The Kier molecular flexibility index (Phi) is 8.83. The first-order valence-electron chi connectivity index (χ1n) is 8.38. The van der Waals surface area contributed by atoms with Crippen molar-refractivity contribution in [2.45, 2.75) is 38.7 Å². The van der Waals surface area contributed by atoms with Gasteiger partial charge in [0, 0.05) is 13.3 Å². The molecule has 1 N–H and O–H groups in total. The van der Waals surface area contributed by atoms with Crippen LogP contribution in [0, 0.1) is 0 Å². The summed E-state index contributed by atoms with van der Waals surface area (Å²) >= 11 is 0. The second-order valence-corrected chi connectivity index (χ2v) is 5.49. The maximum absolute atomic E-state index is 12.4. The number of hydrogen-bond acceptors (Lipinski definition) is 7. The number of carbonyl (C=O) groups excluding carboxylic acids is 3. The molecule has 0 saturated carbocycles. The number of rotatable bonds is 10. The van der Waals surface area contributed by atoms with Crippen molar-refractivity contribution in [3.8, 4) is 0 Å². The van der Waals surface area contributed by atoms with Gasteiger partial charge in [-0.2, -0.15) is 0 Å². The lowest BCUT2D eigenvalue weighted by molar-refractivity contribution is -0.146. The molecule has 0 aromatic heterocycles. The van der Waals surface area contributed by atoms with Gasteiger partial charge in [-0.1, -0.05) is 19.8 Å². The van der Waals surface area contributed by atoms with Gasteiger partial charge in [0.05, 0.1) is 25.3 Å². The Morgan fingerprint density at radius 2 is 2.00 bits per heavy atom. The molecule has 0 fully saturated rings. The van der Waals surface area contributed by atoms with E-state index in [1.54, 1.807) is 6.92 Å². The van der Waals surface area contributed by atoms with Gasteiger partial charge in [-0.15, -0.1) is 0 Å². The minimum absolute atomic E-state index is 0.00474. The van der Waals surface area contributed by atoms with E-state index in [0.29, 0.717) is 6.61 Å². The lowest BCUT2D eigenvalue weighted by Gasteiger charge is -2.28. The molecule has 0 aromatic carbocycles. The van der Waals surface area contributed by atoms with E-state index in [4.69, 9.17) is 14.2 Å². The molecule has 1 aliphatic rings. The highest BCUT2D eigenvalue weighted by molar-refractivity contribution is 6.11. The Morgan fingerprint density at radius 1 is 1.24 bits per heavy atom. The minimum atomic E-state index is -1.46. The molecule has 0 aliphatic carbocycles. The maximum atomic E-state index is 12.4. The summed E-state index contributed by atoms with van der Waals surface area (Å²) in [5, 5.41) is 2.44. The zero-order valence-electron chi connectivity index (χ0n) is 15.0. The molecule has 8 nitrogen and oxygen atoms in total. The third-order valence-electron chi connectivity index (χ3n) is 3.61. The predicted molar refractivity (Wildman–Crippen MR) is 91.3 cm³/mol. The molecular formula is C17H26N2O6. The third kappa shape index (κ3) is 6.30. The number of unbranched alkanes of at least 4 members (excludes halogenated alkanes) is 2. The summed E-state index contributed by atoms with van der Waals surface area (Å²) < 4.78 is 15.2. The second kappa shape index (κ2) is 10.6. The molecule has 1 heterocycles. The number of dihydropyridines is 1. The van der Waals surface area contributed by atoms with Gasteiger partial charge in [0.15, 0.2) is 5.60 Å². The second-order valence-electron chi connectivity index (χ2n) is 5.49. The molecule has 0 spiro atoms. The Labute approximate surface area is 147 Å². The highest BCUT2D eigenvalue weighted by Gasteiger charge is 2.39. The summed E-state index contributed by atoms with van der Waals surface area (Å²) in [6, 6.07) is 0. The quantitative estimate of drug-likeness (QED) is 0.460. The van der Waals surface area contributed by atoms with Gasteiger partial charge in [0.25, 0.3) is 5.91 Å². The van der Waals surface area contributed by atoms with E-state index in [1.807, 2.05) is 0 Å². The Hall–Kier alpha value is -2.22. The first-order chi connectivity index (χ1) is 12.0. The van der Waals surface area contributed by atoms with Crippen LogP contribution < -0.4 is 5.32 Å². The SMILES string of the molecule is CCCCCOC(=O)C1=CC(OC)(C(=O)NCC(=O)OCC)CN=C1. The molecule has 1 aliphatic heterocycles. The van der Waals surface area contributed by atoms with Crippen molar-refractivity contribution >= 4 is 24.1 Å². The minimum Gasteiger partial charge on any atom is -0.465 e. The number of methoxy groups -OCH3 is 1. The summed E-state index contributed by atoms with van der Waals surface area (Å²) in [4.78, 5) is 39.9. The van der Waals surface area contributed by atoms with Crippen LogP contribution in [0.3, 0.4) is 0 Å². The van der Waals surface area contributed by atoms with Crippen LogP contribution in [-0.4, -0.2) is 63.1 Å². The molecule has 0 aromatic rings. The van der Waals surface area contributed by atoms with Crippen LogP contribution in [0.4, 0.5) is 0 Å². The molecule has 0 radical (unpaired) electrons. The number of nitrogens with one attached hydrogen (secondary N) is 1. The largest absolute Gasteiger partial charge is 0.465 e. The molecule has 0 saturated heterocycles. The Bertz CT molecular complexity index is 543. The normalized spacial score (nSPS) is 19.1. The number of hydrogen-bond donors (Lipinski definition) is 1. The van der Waals surface area contributed by atoms with Crippen molar-refractivity contribution in [3.63, 3.8) is 0 Å². The van der Waals surface area contributed by atoms with Crippen LogP contribution >= 0.6 is 0 Å². The van der Waals surface area contributed by atoms with Crippen molar-refractivity contribution in [3.05, 3.63) is 11.6 Å². The fourth-order valence-corrected chi connectivity index (χ4v) is 2.19. The van der Waals surface area contributed by atoms with E-state index in [0.717, 1.165) is 19.3 Å². The van der Waals surface area contributed by atoms with Gasteiger partial charge < -0.3 is 19.5 Å². The van der Waals surface area contributed by atoms with Crippen molar-refractivity contribution in [1.29, 1.82) is 0 Å². The van der Waals surface area contributed by atoms with Gasteiger partial charge >= 0.3 is 11.9 Å². The summed E-state index contributed by atoms with van der Waals surface area (Å²) in [7, 11) is 1.34. The van der Waals surface area contributed by atoms with E-state index < -0.39 is 23.4 Å². The van der Waals surface area contributed by atoms with Crippen LogP contribution in [0.1, 0.15) is 33.1 Å². The summed E-state index contributed by atoms with van der Waals surface area (Å²) in [6.07, 6.45) is 5.51. The predicted octanol–water partition coefficient (Wildman–Crippen LogP) is 0.795.